The van der Waals surface area contributed by atoms with E-state index in [4.69, 9.17) is 4.74 Å². The number of urea groups is 1. The zero-order valence-electron chi connectivity index (χ0n) is 15.5. The summed E-state index contributed by atoms with van der Waals surface area (Å²) in [6, 6.07) is 7.16. The number of esters is 1. The minimum Gasteiger partial charge on any atom is -0.452 e. The first kappa shape index (κ1) is 21.0. The summed E-state index contributed by atoms with van der Waals surface area (Å²) >= 11 is 1.35. The predicted molar refractivity (Wildman–Crippen MR) is 98.5 cm³/mol. The molecule has 25 heavy (non-hydrogen) atoms. The minimum absolute atomic E-state index is 0.469. The topological polar surface area (TPSA) is 84.5 Å². The standard InChI is InChI=1S/C18H26N2O4S/c1-11-7-9-14(10-8-11)25-13(3)16(22)24-12(2)15(21)19-17(23)20-18(4,5)6/h7-10,12-13H,1-6H3,(H2,19,20,21,23)/t12-,13-/m0/s1. The van der Waals surface area contributed by atoms with Gasteiger partial charge >= 0.3 is 12.0 Å². The molecule has 0 aliphatic heterocycles. The second-order valence-electron chi connectivity index (χ2n) is 6.85. The minimum atomic E-state index is -1.06. The lowest BCUT2D eigenvalue weighted by molar-refractivity contribution is -0.153. The Morgan fingerprint density at radius 3 is 2.16 bits per heavy atom. The van der Waals surface area contributed by atoms with E-state index >= 15 is 0 Å². The molecule has 2 N–H and O–H groups in total. The first-order valence-electron chi connectivity index (χ1n) is 8.05. The third-order valence-electron chi connectivity index (χ3n) is 3.05. The van der Waals surface area contributed by atoms with Crippen molar-refractivity contribution in [2.24, 2.45) is 0 Å². The van der Waals surface area contributed by atoms with Crippen LogP contribution in [0.2, 0.25) is 0 Å². The van der Waals surface area contributed by atoms with Crippen molar-refractivity contribution in [1.29, 1.82) is 0 Å². The fraction of sp³-hybridized carbons (Fsp3) is 0.500. The molecule has 3 amide bonds. The molecule has 7 heteroatoms. The fourth-order valence-electron chi connectivity index (χ4n) is 1.78. The fourth-order valence-corrected chi connectivity index (χ4v) is 2.63. The lowest BCUT2D eigenvalue weighted by Crippen LogP contribution is -2.50. The number of thioether (sulfide) groups is 1. The van der Waals surface area contributed by atoms with Gasteiger partial charge in [0.05, 0.1) is 0 Å². The number of imide groups is 1. The van der Waals surface area contributed by atoms with E-state index in [-0.39, 0.29) is 0 Å². The van der Waals surface area contributed by atoms with Crippen LogP contribution in [-0.2, 0) is 14.3 Å². The van der Waals surface area contributed by atoms with Gasteiger partial charge in [0.1, 0.15) is 5.25 Å². The number of nitrogens with one attached hydrogen (secondary N) is 2. The Hall–Kier alpha value is -2.02. The van der Waals surface area contributed by atoms with E-state index in [9.17, 15) is 14.4 Å². The number of hydrogen-bond acceptors (Lipinski definition) is 5. The molecule has 0 aliphatic rings. The van der Waals surface area contributed by atoms with Gasteiger partial charge in [-0.15, -0.1) is 11.8 Å². The second-order valence-corrected chi connectivity index (χ2v) is 8.26. The Labute approximate surface area is 153 Å². The average Bonchev–Trinajstić information content (AvgIpc) is 2.47. The van der Waals surface area contributed by atoms with Gasteiger partial charge in [0, 0.05) is 10.4 Å². The summed E-state index contributed by atoms with van der Waals surface area (Å²) in [7, 11) is 0. The third-order valence-corrected chi connectivity index (χ3v) is 4.14. The highest BCUT2D eigenvalue weighted by molar-refractivity contribution is 8.00. The molecule has 0 radical (unpaired) electrons. The lowest BCUT2D eigenvalue weighted by Gasteiger charge is -2.21. The summed E-state index contributed by atoms with van der Waals surface area (Å²) in [4.78, 5) is 36.7. The van der Waals surface area contributed by atoms with Crippen LogP contribution in [0.3, 0.4) is 0 Å². The SMILES string of the molecule is Cc1ccc(S[C@@H](C)C(=O)O[C@@H](C)C(=O)NC(=O)NC(C)(C)C)cc1. The van der Waals surface area contributed by atoms with Crippen molar-refractivity contribution in [2.45, 2.75) is 63.3 Å². The number of amides is 3. The summed E-state index contributed by atoms with van der Waals surface area (Å²) in [5.41, 5.74) is 0.669. The molecule has 1 aromatic carbocycles. The number of benzene rings is 1. The van der Waals surface area contributed by atoms with Crippen LogP contribution in [0, 0.1) is 6.92 Å². The summed E-state index contributed by atoms with van der Waals surface area (Å²) < 4.78 is 5.15. The number of aryl methyl sites for hydroxylation is 1. The Bertz CT molecular complexity index is 623. The summed E-state index contributed by atoms with van der Waals surface area (Å²) in [6.07, 6.45) is -1.06. The van der Waals surface area contributed by atoms with Crippen molar-refractivity contribution in [3.63, 3.8) is 0 Å². The first-order chi connectivity index (χ1) is 11.5. The zero-order chi connectivity index (χ0) is 19.2. The van der Waals surface area contributed by atoms with Crippen molar-refractivity contribution in [3.05, 3.63) is 29.8 Å². The van der Waals surface area contributed by atoms with Crippen LogP contribution in [0.4, 0.5) is 4.79 Å². The predicted octanol–water partition coefficient (Wildman–Crippen LogP) is 3.03. The van der Waals surface area contributed by atoms with Gasteiger partial charge in [-0.25, -0.2) is 4.79 Å². The molecule has 0 saturated carbocycles. The van der Waals surface area contributed by atoms with Crippen molar-refractivity contribution < 1.29 is 19.1 Å². The van der Waals surface area contributed by atoms with Crippen molar-refractivity contribution in [2.75, 3.05) is 0 Å². The quantitative estimate of drug-likeness (QED) is 0.618. The largest absolute Gasteiger partial charge is 0.452 e. The van der Waals surface area contributed by atoms with Gasteiger partial charge in [-0.1, -0.05) is 17.7 Å². The van der Waals surface area contributed by atoms with E-state index in [1.807, 2.05) is 31.2 Å². The smallest absolute Gasteiger partial charge is 0.321 e. The highest BCUT2D eigenvalue weighted by atomic mass is 32.2. The number of carbonyl (C=O) groups excluding carboxylic acids is 3. The molecule has 0 spiro atoms. The molecule has 0 saturated heterocycles. The van der Waals surface area contributed by atoms with Crippen molar-refractivity contribution >= 4 is 29.7 Å². The van der Waals surface area contributed by atoms with Crippen LogP contribution in [0.5, 0.6) is 0 Å². The summed E-state index contributed by atoms with van der Waals surface area (Å²) in [5, 5.41) is 4.30. The maximum atomic E-state index is 12.1. The lowest BCUT2D eigenvalue weighted by atomic mass is 10.1. The molecule has 0 fully saturated rings. The van der Waals surface area contributed by atoms with Gasteiger partial charge in [0.25, 0.3) is 5.91 Å². The van der Waals surface area contributed by atoms with Gasteiger partial charge in [-0.2, -0.15) is 0 Å². The van der Waals surface area contributed by atoms with E-state index in [1.165, 1.54) is 18.7 Å². The van der Waals surface area contributed by atoms with Crippen molar-refractivity contribution in [1.82, 2.24) is 10.6 Å². The Morgan fingerprint density at radius 2 is 1.64 bits per heavy atom. The van der Waals surface area contributed by atoms with Crippen LogP contribution < -0.4 is 10.6 Å². The Kier molecular flexibility index (Phi) is 7.48. The van der Waals surface area contributed by atoms with Crippen LogP contribution in [0.15, 0.2) is 29.2 Å². The maximum absolute atomic E-state index is 12.1. The molecular weight excluding hydrogens is 340 g/mol. The van der Waals surface area contributed by atoms with Gasteiger partial charge in [-0.05, 0) is 53.7 Å². The number of ether oxygens (including phenoxy) is 1. The van der Waals surface area contributed by atoms with Crippen LogP contribution in [-0.4, -0.2) is 34.8 Å². The second kappa shape index (κ2) is 8.89. The van der Waals surface area contributed by atoms with E-state index in [0.717, 1.165) is 10.5 Å². The van der Waals surface area contributed by atoms with Crippen LogP contribution >= 0.6 is 11.8 Å². The average molecular weight is 366 g/mol. The highest BCUT2D eigenvalue weighted by Crippen LogP contribution is 2.24. The third kappa shape index (κ3) is 8.07. The van der Waals surface area contributed by atoms with E-state index in [0.29, 0.717) is 0 Å². The van der Waals surface area contributed by atoms with Gasteiger partial charge < -0.3 is 10.1 Å². The molecule has 0 heterocycles. The number of rotatable bonds is 5. The zero-order valence-corrected chi connectivity index (χ0v) is 16.3. The molecule has 1 aromatic rings. The Morgan fingerprint density at radius 1 is 1.08 bits per heavy atom. The Balaban J connectivity index is 2.50. The van der Waals surface area contributed by atoms with E-state index < -0.39 is 34.8 Å². The summed E-state index contributed by atoms with van der Waals surface area (Å²) in [6.45, 7) is 10.5. The van der Waals surface area contributed by atoms with Gasteiger partial charge in [-0.3, -0.25) is 14.9 Å². The molecule has 2 atom stereocenters. The van der Waals surface area contributed by atoms with Gasteiger partial charge in [0.15, 0.2) is 6.10 Å². The van der Waals surface area contributed by atoms with Gasteiger partial charge in [0.2, 0.25) is 0 Å². The summed E-state index contributed by atoms with van der Waals surface area (Å²) in [5.74, 6) is -1.17. The maximum Gasteiger partial charge on any atom is 0.321 e. The van der Waals surface area contributed by atoms with Crippen molar-refractivity contribution in [3.8, 4) is 0 Å². The van der Waals surface area contributed by atoms with Crippen LogP contribution in [0.25, 0.3) is 0 Å². The molecule has 1 rings (SSSR count). The van der Waals surface area contributed by atoms with Crippen LogP contribution in [0.1, 0.15) is 40.2 Å². The first-order valence-corrected chi connectivity index (χ1v) is 8.93. The van der Waals surface area contributed by atoms with E-state index in [2.05, 4.69) is 10.6 Å². The molecule has 6 nitrogen and oxygen atoms in total. The molecular formula is C18H26N2O4S. The molecule has 138 valence electrons. The molecule has 0 aliphatic carbocycles. The number of carbonyl (C=O) groups is 3. The molecule has 0 unspecified atom stereocenters. The molecule has 0 bridgehead atoms. The molecule has 0 aromatic heterocycles. The normalized spacial score (nSPS) is 13.5. The number of hydrogen-bond donors (Lipinski definition) is 2. The highest BCUT2D eigenvalue weighted by Gasteiger charge is 2.24. The monoisotopic (exact) mass is 366 g/mol. The van der Waals surface area contributed by atoms with E-state index in [1.54, 1.807) is 27.7 Å².